The van der Waals surface area contributed by atoms with E-state index in [1.54, 1.807) is 23.5 Å². The number of carboxylic acid groups (broad SMARTS) is 1. The normalized spacial score (nSPS) is 15.0. The molecule has 2 aromatic carbocycles. The van der Waals surface area contributed by atoms with Crippen LogP contribution in [0.15, 0.2) is 58.1 Å². The Labute approximate surface area is 208 Å². The van der Waals surface area contributed by atoms with Crippen LogP contribution in [0, 0.1) is 0 Å². The Hall–Kier alpha value is -2.29. The van der Waals surface area contributed by atoms with Gasteiger partial charge in [-0.05, 0) is 40.8 Å². The average Bonchev–Trinajstić information content (AvgIpc) is 3.20. The van der Waals surface area contributed by atoms with Crippen molar-refractivity contribution in [2.75, 3.05) is 18.5 Å². The van der Waals surface area contributed by atoms with Gasteiger partial charge in [-0.25, -0.2) is 9.78 Å². The smallest absolute Gasteiger partial charge is 0.354 e. The molecule has 5 rings (SSSR count). The van der Waals surface area contributed by atoms with Gasteiger partial charge < -0.3 is 15.2 Å². The third-order valence-corrected chi connectivity index (χ3v) is 8.22. The molecule has 9 heteroatoms. The van der Waals surface area contributed by atoms with Crippen molar-refractivity contribution in [1.82, 2.24) is 4.98 Å². The molecule has 0 spiro atoms. The van der Waals surface area contributed by atoms with Crippen molar-refractivity contribution < 1.29 is 14.6 Å². The number of hydrogen-bond donors (Lipinski definition) is 2. The van der Waals surface area contributed by atoms with Crippen molar-refractivity contribution in [3.63, 3.8) is 0 Å². The summed E-state index contributed by atoms with van der Waals surface area (Å²) in [5.41, 5.74) is 4.57. The van der Waals surface area contributed by atoms with Crippen LogP contribution in [0.1, 0.15) is 33.3 Å². The van der Waals surface area contributed by atoms with Crippen LogP contribution in [0.3, 0.4) is 0 Å². The minimum atomic E-state index is -1.12. The Kier molecular flexibility index (Phi) is 6.49. The van der Waals surface area contributed by atoms with Crippen molar-refractivity contribution in [1.29, 1.82) is 0 Å². The van der Waals surface area contributed by atoms with Gasteiger partial charge in [-0.3, -0.25) is 0 Å². The number of thiophene rings is 1. The van der Waals surface area contributed by atoms with Gasteiger partial charge in [0.15, 0.2) is 5.69 Å². The summed E-state index contributed by atoms with van der Waals surface area (Å²) in [7, 11) is 0. The highest BCUT2D eigenvalue weighted by molar-refractivity contribution is 8.00. The number of benzene rings is 2. The van der Waals surface area contributed by atoms with E-state index in [2.05, 4.69) is 39.9 Å². The Morgan fingerprint density at radius 3 is 2.88 bits per heavy atom. The quantitative estimate of drug-likeness (QED) is 0.265. The zero-order valence-corrected chi connectivity index (χ0v) is 20.3. The summed E-state index contributed by atoms with van der Waals surface area (Å²) < 4.78 is 7.66. The SMILES string of the molecule is O=C(O)c1cc(NCCOC2c3ccccc3CSc3sccc32)c2c(Cl)cc(Cl)cc2n1. The van der Waals surface area contributed by atoms with Crippen molar-refractivity contribution in [3.8, 4) is 0 Å². The topological polar surface area (TPSA) is 71.5 Å². The molecule has 4 aromatic rings. The van der Waals surface area contributed by atoms with Gasteiger partial charge in [0.25, 0.3) is 0 Å². The van der Waals surface area contributed by atoms with Gasteiger partial charge in [-0.1, -0.05) is 47.5 Å². The van der Waals surface area contributed by atoms with Gasteiger partial charge >= 0.3 is 5.97 Å². The largest absolute Gasteiger partial charge is 0.477 e. The second kappa shape index (κ2) is 9.52. The Bertz CT molecular complexity index is 1360. The number of carbonyl (C=O) groups is 1. The number of rotatable bonds is 6. The van der Waals surface area contributed by atoms with Crippen LogP contribution >= 0.6 is 46.3 Å². The standard InChI is InChI=1S/C24H18Cl2N2O3S2/c25-14-9-17(26)21-18(11-20(23(29)30)28-19(21)10-14)27-6-7-31-22-15-4-2-1-3-13(15)12-33-24-16(22)5-8-32-24/h1-5,8-11,22H,6-7,12H2,(H,27,28)(H,29,30). The van der Waals surface area contributed by atoms with E-state index in [-0.39, 0.29) is 11.8 Å². The molecule has 0 amide bonds. The molecule has 0 saturated carbocycles. The first kappa shape index (κ1) is 22.5. The lowest BCUT2D eigenvalue weighted by atomic mass is 9.99. The lowest BCUT2D eigenvalue weighted by Crippen LogP contribution is -2.15. The van der Waals surface area contributed by atoms with E-state index in [1.807, 2.05) is 17.8 Å². The molecule has 1 atom stereocenters. The first-order valence-electron chi connectivity index (χ1n) is 10.2. The maximum Gasteiger partial charge on any atom is 0.354 e. The van der Waals surface area contributed by atoms with Crippen LogP contribution in [0.25, 0.3) is 10.9 Å². The Morgan fingerprint density at radius 1 is 1.18 bits per heavy atom. The summed E-state index contributed by atoms with van der Waals surface area (Å²) in [6, 6.07) is 15.2. The number of aromatic carboxylic acids is 1. The van der Waals surface area contributed by atoms with E-state index >= 15 is 0 Å². The minimum absolute atomic E-state index is 0.0816. The average molecular weight is 517 g/mol. The molecule has 0 fully saturated rings. The third-order valence-electron chi connectivity index (χ3n) is 5.38. The van der Waals surface area contributed by atoms with Crippen molar-refractivity contribution in [3.05, 3.63) is 86.3 Å². The predicted molar refractivity (Wildman–Crippen MR) is 135 cm³/mol. The van der Waals surface area contributed by atoms with E-state index in [1.165, 1.54) is 27.0 Å². The van der Waals surface area contributed by atoms with Crippen LogP contribution in [0.2, 0.25) is 10.0 Å². The maximum atomic E-state index is 11.6. The number of nitrogens with zero attached hydrogens (tertiary/aromatic N) is 1. The number of hydrogen-bond acceptors (Lipinski definition) is 6. The summed E-state index contributed by atoms with van der Waals surface area (Å²) in [6.07, 6.45) is -0.148. The molecule has 1 aliphatic rings. The van der Waals surface area contributed by atoms with E-state index in [0.29, 0.717) is 39.8 Å². The fourth-order valence-corrected chi connectivity index (χ4v) is 6.67. The summed E-state index contributed by atoms with van der Waals surface area (Å²) in [5, 5.41) is 16.3. The van der Waals surface area contributed by atoms with E-state index in [0.717, 1.165) is 5.75 Å². The van der Waals surface area contributed by atoms with Crippen molar-refractivity contribution >= 4 is 68.9 Å². The fraction of sp³-hybridized carbons (Fsp3) is 0.167. The summed E-state index contributed by atoms with van der Waals surface area (Å²) in [6.45, 7) is 0.874. The molecule has 5 nitrogen and oxygen atoms in total. The zero-order chi connectivity index (χ0) is 22.9. The fourth-order valence-electron chi connectivity index (χ4n) is 3.93. The molecule has 2 aromatic heterocycles. The molecule has 1 unspecified atom stereocenters. The molecule has 0 radical (unpaired) electrons. The van der Waals surface area contributed by atoms with Crippen LogP contribution in [0.4, 0.5) is 5.69 Å². The first-order chi connectivity index (χ1) is 16.0. The number of thioether (sulfide) groups is 1. The molecular formula is C24H18Cl2N2O3S2. The Morgan fingerprint density at radius 2 is 2.03 bits per heavy atom. The lowest BCUT2D eigenvalue weighted by molar-refractivity contribution is 0.0691. The zero-order valence-electron chi connectivity index (χ0n) is 17.2. The first-order valence-corrected chi connectivity index (χ1v) is 12.8. The predicted octanol–water partition coefficient (Wildman–Crippen LogP) is 7.13. The highest BCUT2D eigenvalue weighted by Crippen LogP contribution is 2.43. The van der Waals surface area contributed by atoms with Gasteiger partial charge in [0, 0.05) is 34.0 Å². The highest BCUT2D eigenvalue weighted by Gasteiger charge is 2.25. The second-order valence-electron chi connectivity index (χ2n) is 7.47. The molecule has 1 aliphatic heterocycles. The summed E-state index contributed by atoms with van der Waals surface area (Å²) in [4.78, 5) is 15.7. The van der Waals surface area contributed by atoms with Gasteiger partial charge in [0.1, 0.15) is 6.10 Å². The van der Waals surface area contributed by atoms with E-state index in [4.69, 9.17) is 27.9 Å². The molecule has 0 aliphatic carbocycles. The minimum Gasteiger partial charge on any atom is -0.477 e. The highest BCUT2D eigenvalue weighted by atomic mass is 35.5. The van der Waals surface area contributed by atoms with Crippen LogP contribution in [0.5, 0.6) is 0 Å². The molecule has 168 valence electrons. The Balaban J connectivity index is 1.38. The van der Waals surface area contributed by atoms with Gasteiger partial charge in [0.2, 0.25) is 0 Å². The third kappa shape index (κ3) is 4.56. The van der Waals surface area contributed by atoms with Crippen LogP contribution in [-0.2, 0) is 10.5 Å². The van der Waals surface area contributed by atoms with Crippen molar-refractivity contribution in [2.24, 2.45) is 0 Å². The molecule has 3 heterocycles. The number of carboxylic acids is 1. The second-order valence-corrected chi connectivity index (χ2v) is 10.5. The van der Waals surface area contributed by atoms with Crippen LogP contribution in [-0.4, -0.2) is 29.2 Å². The number of nitrogens with one attached hydrogen (secondary N) is 1. The lowest BCUT2D eigenvalue weighted by Gasteiger charge is -2.20. The van der Waals surface area contributed by atoms with Gasteiger partial charge in [-0.2, -0.15) is 0 Å². The molecule has 0 saturated heterocycles. The number of ether oxygens (including phenoxy) is 1. The molecule has 33 heavy (non-hydrogen) atoms. The number of fused-ring (bicyclic) bond motifs is 3. The van der Waals surface area contributed by atoms with Gasteiger partial charge in [0.05, 0.1) is 21.4 Å². The number of pyridine rings is 1. The molecular weight excluding hydrogens is 499 g/mol. The summed E-state index contributed by atoms with van der Waals surface area (Å²) >= 11 is 16.1. The maximum absolute atomic E-state index is 11.6. The number of anilines is 1. The van der Waals surface area contributed by atoms with Gasteiger partial charge in [-0.15, -0.1) is 23.1 Å². The van der Waals surface area contributed by atoms with Crippen LogP contribution < -0.4 is 5.32 Å². The number of halogens is 2. The molecule has 0 bridgehead atoms. The number of aromatic nitrogens is 1. The molecule has 2 N–H and O–H groups in total. The monoisotopic (exact) mass is 516 g/mol. The van der Waals surface area contributed by atoms with E-state index < -0.39 is 5.97 Å². The van der Waals surface area contributed by atoms with Crippen molar-refractivity contribution in [2.45, 2.75) is 16.1 Å². The summed E-state index contributed by atoms with van der Waals surface area (Å²) in [5.74, 6) is -0.200. The van der Waals surface area contributed by atoms with E-state index in [9.17, 15) is 9.90 Å².